The summed E-state index contributed by atoms with van der Waals surface area (Å²) >= 11 is 0. The molecule has 1 aromatic rings. The van der Waals surface area contributed by atoms with E-state index < -0.39 is 0 Å². The molecular formula is C11H17N2+. The van der Waals surface area contributed by atoms with Crippen LogP contribution in [0.1, 0.15) is 19.3 Å². The predicted octanol–water partition coefficient (Wildman–Crippen LogP) is 1.42. The van der Waals surface area contributed by atoms with Crippen LogP contribution in [0.25, 0.3) is 0 Å². The predicted molar refractivity (Wildman–Crippen MR) is 52.1 cm³/mol. The van der Waals surface area contributed by atoms with Crippen molar-refractivity contribution in [1.82, 2.24) is 4.90 Å². The topological polar surface area (TPSA) is 7.12 Å². The molecule has 1 aromatic heterocycles. The highest BCUT2D eigenvalue weighted by Crippen LogP contribution is 2.07. The minimum atomic E-state index is 1.06. The SMILES string of the molecule is c1cc[n+](CN2CCCCC2)cc1. The van der Waals surface area contributed by atoms with Crippen LogP contribution >= 0.6 is 0 Å². The first-order valence-corrected chi connectivity index (χ1v) is 5.11. The first-order chi connectivity index (χ1) is 6.45. The maximum absolute atomic E-state index is 2.52. The molecule has 1 aliphatic heterocycles. The van der Waals surface area contributed by atoms with Gasteiger partial charge in [0.2, 0.25) is 6.67 Å². The lowest BCUT2D eigenvalue weighted by atomic mass is 10.1. The second-order valence-electron chi connectivity index (χ2n) is 3.71. The molecule has 2 rings (SSSR count). The minimum Gasteiger partial charge on any atom is -0.248 e. The largest absolute Gasteiger partial charge is 0.248 e. The Morgan fingerprint density at radius 3 is 2.31 bits per heavy atom. The van der Waals surface area contributed by atoms with Gasteiger partial charge in [0, 0.05) is 25.2 Å². The minimum absolute atomic E-state index is 1.06. The Labute approximate surface area is 79.8 Å². The van der Waals surface area contributed by atoms with Crippen LogP contribution < -0.4 is 4.57 Å². The zero-order valence-corrected chi connectivity index (χ0v) is 8.02. The molecule has 2 nitrogen and oxygen atoms in total. The second-order valence-corrected chi connectivity index (χ2v) is 3.71. The Morgan fingerprint density at radius 1 is 0.923 bits per heavy atom. The number of rotatable bonds is 2. The lowest BCUT2D eigenvalue weighted by Gasteiger charge is -2.22. The average Bonchev–Trinajstić information content (AvgIpc) is 2.21. The molecular weight excluding hydrogens is 160 g/mol. The molecule has 70 valence electrons. The highest BCUT2D eigenvalue weighted by Gasteiger charge is 2.12. The number of pyridine rings is 1. The van der Waals surface area contributed by atoms with Gasteiger partial charge in [0.15, 0.2) is 12.4 Å². The van der Waals surface area contributed by atoms with Gasteiger partial charge in [-0.25, -0.2) is 4.90 Å². The van der Waals surface area contributed by atoms with E-state index in [2.05, 4.69) is 40.1 Å². The molecule has 0 aliphatic carbocycles. The monoisotopic (exact) mass is 177 g/mol. The molecule has 1 fully saturated rings. The van der Waals surface area contributed by atoms with E-state index in [1.165, 1.54) is 32.4 Å². The lowest BCUT2D eigenvalue weighted by Crippen LogP contribution is -2.45. The van der Waals surface area contributed by atoms with Crippen molar-refractivity contribution in [3.05, 3.63) is 30.6 Å². The quantitative estimate of drug-likeness (QED) is 0.620. The van der Waals surface area contributed by atoms with Crippen LogP contribution in [0.5, 0.6) is 0 Å². The van der Waals surface area contributed by atoms with Crippen molar-refractivity contribution < 1.29 is 4.57 Å². The fourth-order valence-electron chi connectivity index (χ4n) is 1.86. The van der Waals surface area contributed by atoms with Crippen LogP contribution in [0.2, 0.25) is 0 Å². The summed E-state index contributed by atoms with van der Waals surface area (Å²) in [4.78, 5) is 2.52. The van der Waals surface area contributed by atoms with Crippen LogP contribution in [0, 0.1) is 0 Å². The van der Waals surface area contributed by atoms with Gasteiger partial charge in [0.25, 0.3) is 0 Å². The van der Waals surface area contributed by atoms with Crippen LogP contribution in [0.4, 0.5) is 0 Å². The van der Waals surface area contributed by atoms with Crippen molar-refractivity contribution >= 4 is 0 Å². The summed E-state index contributed by atoms with van der Waals surface area (Å²) in [6.45, 7) is 3.59. The maximum atomic E-state index is 2.52. The van der Waals surface area contributed by atoms with Crippen molar-refractivity contribution in [1.29, 1.82) is 0 Å². The van der Waals surface area contributed by atoms with Crippen molar-refractivity contribution in [2.24, 2.45) is 0 Å². The Kier molecular flexibility index (Phi) is 2.93. The highest BCUT2D eigenvalue weighted by atomic mass is 15.2. The van der Waals surface area contributed by atoms with Crippen LogP contribution in [-0.2, 0) is 6.67 Å². The summed E-state index contributed by atoms with van der Waals surface area (Å²) in [6.07, 6.45) is 8.42. The van der Waals surface area contributed by atoms with E-state index in [9.17, 15) is 0 Å². The Morgan fingerprint density at radius 2 is 1.62 bits per heavy atom. The van der Waals surface area contributed by atoms with Gasteiger partial charge in [-0.15, -0.1) is 0 Å². The molecule has 2 heterocycles. The third-order valence-corrected chi connectivity index (χ3v) is 2.59. The summed E-state index contributed by atoms with van der Waals surface area (Å²) in [5.74, 6) is 0. The molecule has 0 unspecified atom stereocenters. The van der Waals surface area contributed by atoms with E-state index in [0.29, 0.717) is 0 Å². The summed E-state index contributed by atoms with van der Waals surface area (Å²) in [7, 11) is 0. The fourth-order valence-corrected chi connectivity index (χ4v) is 1.86. The summed E-state index contributed by atoms with van der Waals surface area (Å²) < 4.78 is 2.24. The van der Waals surface area contributed by atoms with E-state index in [0.717, 1.165) is 6.67 Å². The molecule has 0 N–H and O–H groups in total. The normalized spacial score (nSPS) is 18.8. The van der Waals surface area contributed by atoms with Gasteiger partial charge in [0.1, 0.15) is 0 Å². The first kappa shape index (κ1) is 8.70. The Hall–Kier alpha value is -0.890. The molecule has 1 saturated heterocycles. The number of aromatic nitrogens is 1. The van der Waals surface area contributed by atoms with E-state index in [-0.39, 0.29) is 0 Å². The van der Waals surface area contributed by atoms with Gasteiger partial charge in [0.05, 0.1) is 0 Å². The summed E-state index contributed by atoms with van der Waals surface area (Å²) in [6, 6.07) is 6.24. The van der Waals surface area contributed by atoms with Crippen LogP contribution in [0.3, 0.4) is 0 Å². The third-order valence-electron chi connectivity index (χ3n) is 2.59. The smallest absolute Gasteiger partial charge is 0.204 e. The molecule has 0 saturated carbocycles. The van der Waals surface area contributed by atoms with Gasteiger partial charge in [-0.2, -0.15) is 4.57 Å². The third kappa shape index (κ3) is 2.52. The van der Waals surface area contributed by atoms with Gasteiger partial charge >= 0.3 is 0 Å². The van der Waals surface area contributed by atoms with E-state index >= 15 is 0 Å². The molecule has 0 atom stereocenters. The molecule has 0 bridgehead atoms. The van der Waals surface area contributed by atoms with Crippen molar-refractivity contribution in [2.75, 3.05) is 13.1 Å². The van der Waals surface area contributed by atoms with E-state index in [1.54, 1.807) is 0 Å². The molecule has 0 amide bonds. The second kappa shape index (κ2) is 4.38. The van der Waals surface area contributed by atoms with Crippen LogP contribution in [-0.4, -0.2) is 18.0 Å². The summed E-state index contributed by atoms with van der Waals surface area (Å²) in [5, 5.41) is 0. The zero-order valence-electron chi connectivity index (χ0n) is 8.02. The van der Waals surface area contributed by atoms with Crippen molar-refractivity contribution in [2.45, 2.75) is 25.9 Å². The molecule has 2 heteroatoms. The van der Waals surface area contributed by atoms with Gasteiger partial charge in [-0.1, -0.05) is 12.5 Å². The molecule has 0 aromatic carbocycles. The van der Waals surface area contributed by atoms with E-state index in [4.69, 9.17) is 0 Å². The van der Waals surface area contributed by atoms with Gasteiger partial charge in [-0.05, 0) is 12.8 Å². The van der Waals surface area contributed by atoms with Crippen molar-refractivity contribution in [3.63, 3.8) is 0 Å². The van der Waals surface area contributed by atoms with Gasteiger partial charge < -0.3 is 0 Å². The zero-order chi connectivity index (χ0) is 8.93. The number of hydrogen-bond donors (Lipinski definition) is 0. The standard InChI is InChI=1S/C11H17N2/c1-3-7-12(8-4-1)11-13-9-5-2-6-10-13/h1,3-4,7-8H,2,5-6,9-11H2/q+1. The van der Waals surface area contributed by atoms with Crippen LogP contribution in [0.15, 0.2) is 30.6 Å². The Bertz CT molecular complexity index is 240. The number of piperidine rings is 1. The fraction of sp³-hybridized carbons (Fsp3) is 0.545. The lowest BCUT2D eigenvalue weighted by molar-refractivity contribution is -0.716. The highest BCUT2D eigenvalue weighted by molar-refractivity contribution is 4.83. The maximum Gasteiger partial charge on any atom is 0.204 e. The van der Waals surface area contributed by atoms with Gasteiger partial charge in [-0.3, -0.25) is 0 Å². The van der Waals surface area contributed by atoms with Crippen molar-refractivity contribution in [3.8, 4) is 0 Å². The van der Waals surface area contributed by atoms with E-state index in [1.807, 2.05) is 0 Å². The first-order valence-electron chi connectivity index (χ1n) is 5.11. The molecule has 0 spiro atoms. The Balaban J connectivity index is 1.90. The molecule has 0 radical (unpaired) electrons. The molecule has 1 aliphatic rings. The number of nitrogens with zero attached hydrogens (tertiary/aromatic N) is 2. The average molecular weight is 177 g/mol. The number of likely N-dealkylation sites (tertiary alicyclic amines) is 1. The molecule has 13 heavy (non-hydrogen) atoms. The number of hydrogen-bond acceptors (Lipinski definition) is 1. The summed E-state index contributed by atoms with van der Waals surface area (Å²) in [5.41, 5.74) is 0.